The smallest absolute Gasteiger partial charge is 0.260 e. The summed E-state index contributed by atoms with van der Waals surface area (Å²) in [5, 5.41) is 0. The molecule has 0 heterocycles. The van der Waals surface area contributed by atoms with Gasteiger partial charge in [0, 0.05) is 71.6 Å². The van der Waals surface area contributed by atoms with Gasteiger partial charge in [0.25, 0.3) is 23.6 Å². The van der Waals surface area contributed by atoms with Crippen LogP contribution in [0.25, 0.3) is 0 Å². The molecular formula is C90H146N4O8. The average Bonchev–Trinajstić information content (AvgIpc) is 0.762. The highest BCUT2D eigenvalue weighted by Crippen LogP contribution is 2.50. The zero-order chi connectivity index (χ0) is 77.3. The molecule has 0 aliphatic heterocycles. The quantitative estimate of drug-likeness (QED) is 0.0433. The highest BCUT2D eigenvalue weighted by Gasteiger charge is 2.41. The van der Waals surface area contributed by atoms with E-state index in [9.17, 15) is 19.2 Å². The van der Waals surface area contributed by atoms with E-state index in [4.69, 9.17) is 18.9 Å². The number of hydrogen-bond acceptors (Lipinski definition) is 8. The molecule has 0 aliphatic carbocycles. The van der Waals surface area contributed by atoms with Crippen molar-refractivity contribution in [2.75, 3.05) is 78.8 Å². The van der Waals surface area contributed by atoms with E-state index in [-0.39, 0.29) is 82.5 Å². The Hall–Kier alpha value is -6.04. The molecule has 0 fully saturated rings. The van der Waals surface area contributed by atoms with Crippen LogP contribution in [0, 0.1) is 28.6 Å². The van der Waals surface area contributed by atoms with Gasteiger partial charge in [-0.2, -0.15) is 0 Å². The minimum atomic E-state index is -0.428. The Morgan fingerprint density at radius 2 is 0.451 bits per heavy atom. The average molecular weight is 1410 g/mol. The first-order valence-electron chi connectivity index (χ1n) is 39.6. The maximum Gasteiger partial charge on any atom is 0.260 e. The van der Waals surface area contributed by atoms with E-state index in [0.717, 1.165) is 113 Å². The number of carbonyl (C=O) groups excluding carboxylic acids is 4. The topological polar surface area (TPSA) is 118 Å². The summed E-state index contributed by atoms with van der Waals surface area (Å²) in [5.41, 5.74) is 9.71. The minimum Gasteiger partial charge on any atom is -0.483 e. The molecule has 4 rings (SSSR count). The van der Waals surface area contributed by atoms with Crippen LogP contribution in [-0.2, 0) is 66.5 Å². The molecule has 0 bridgehead atoms. The van der Waals surface area contributed by atoms with Gasteiger partial charge in [-0.3, -0.25) is 19.2 Å². The maximum atomic E-state index is 14.9. The van der Waals surface area contributed by atoms with Crippen LogP contribution < -0.4 is 18.9 Å². The molecule has 574 valence electrons. The van der Waals surface area contributed by atoms with Crippen molar-refractivity contribution in [3.8, 4) is 23.0 Å². The molecule has 12 nitrogen and oxygen atoms in total. The minimum absolute atomic E-state index is 0.0377. The summed E-state index contributed by atoms with van der Waals surface area (Å²) in [6.45, 7) is 71.7. The number of benzene rings is 4. The third-order valence-electron chi connectivity index (χ3n) is 23.7. The summed E-state index contributed by atoms with van der Waals surface area (Å²) >= 11 is 0. The third kappa shape index (κ3) is 22.0. The predicted molar refractivity (Wildman–Crippen MR) is 429 cm³/mol. The number of nitrogens with zero attached hydrogens (tertiary/aromatic N) is 4. The molecule has 0 spiro atoms. The van der Waals surface area contributed by atoms with Crippen molar-refractivity contribution in [2.45, 2.75) is 306 Å². The second kappa shape index (κ2) is 37.3. The van der Waals surface area contributed by atoms with E-state index in [0.29, 0.717) is 101 Å². The Morgan fingerprint density at radius 1 is 0.275 bits per heavy atom. The van der Waals surface area contributed by atoms with Crippen LogP contribution in [0.15, 0.2) is 48.5 Å². The summed E-state index contributed by atoms with van der Waals surface area (Å²) in [6, 6.07) is 18.4. The summed E-state index contributed by atoms with van der Waals surface area (Å²) in [6.07, 6.45) is 8.32. The van der Waals surface area contributed by atoms with Gasteiger partial charge in [-0.25, -0.2) is 0 Å². The lowest BCUT2D eigenvalue weighted by Crippen LogP contribution is -2.37. The number of hydrogen-bond donors (Lipinski definition) is 0. The summed E-state index contributed by atoms with van der Waals surface area (Å²) in [5.74, 6) is 2.33. The summed E-state index contributed by atoms with van der Waals surface area (Å²) in [7, 11) is 0. The van der Waals surface area contributed by atoms with Crippen molar-refractivity contribution in [2.24, 2.45) is 21.7 Å². The second-order valence-electron chi connectivity index (χ2n) is 35.7. The van der Waals surface area contributed by atoms with E-state index in [2.05, 4.69) is 256 Å². The number of carbonyl (C=O) groups is 4. The largest absolute Gasteiger partial charge is 0.483 e. The van der Waals surface area contributed by atoms with Gasteiger partial charge in [-0.15, -0.1) is 0 Å². The van der Waals surface area contributed by atoms with E-state index in [1.165, 1.54) is 5.56 Å². The van der Waals surface area contributed by atoms with Crippen molar-refractivity contribution in [1.29, 1.82) is 0 Å². The molecule has 0 unspecified atom stereocenters. The lowest BCUT2D eigenvalue weighted by molar-refractivity contribution is -0.134. The monoisotopic (exact) mass is 1410 g/mol. The van der Waals surface area contributed by atoms with Crippen molar-refractivity contribution in [3.63, 3.8) is 0 Å². The van der Waals surface area contributed by atoms with Crippen LogP contribution in [0.3, 0.4) is 0 Å². The van der Waals surface area contributed by atoms with Gasteiger partial charge in [0.2, 0.25) is 0 Å². The number of amides is 4. The fraction of sp³-hybridized carbons (Fsp3) is 0.689. The molecule has 102 heavy (non-hydrogen) atoms. The molecule has 0 aliphatic rings. The molecule has 4 aromatic carbocycles. The summed E-state index contributed by atoms with van der Waals surface area (Å²) < 4.78 is 28.7. The molecule has 0 atom stereocenters. The van der Waals surface area contributed by atoms with Crippen molar-refractivity contribution in [1.82, 2.24) is 19.6 Å². The van der Waals surface area contributed by atoms with E-state index in [1.807, 2.05) is 19.6 Å². The van der Waals surface area contributed by atoms with E-state index in [1.54, 1.807) is 0 Å². The molecule has 0 saturated heterocycles. The van der Waals surface area contributed by atoms with Crippen LogP contribution >= 0.6 is 0 Å². The zero-order valence-corrected chi connectivity index (χ0v) is 70.6. The van der Waals surface area contributed by atoms with Crippen LogP contribution in [-0.4, -0.2) is 122 Å². The Kier molecular flexibility index (Phi) is 32.3. The second-order valence-corrected chi connectivity index (χ2v) is 35.7. The molecule has 0 radical (unpaired) electrons. The Labute approximate surface area is 623 Å². The molecule has 4 amide bonds. The van der Waals surface area contributed by atoms with E-state index >= 15 is 0 Å². The van der Waals surface area contributed by atoms with Crippen molar-refractivity contribution in [3.05, 3.63) is 115 Å². The molecule has 0 aromatic heterocycles. The first-order valence-corrected chi connectivity index (χ1v) is 39.6. The highest BCUT2D eigenvalue weighted by molar-refractivity contribution is 5.80. The van der Waals surface area contributed by atoms with Crippen molar-refractivity contribution < 1.29 is 38.1 Å². The number of ether oxygens (including phenoxy) is 4. The zero-order valence-electron chi connectivity index (χ0n) is 70.6. The van der Waals surface area contributed by atoms with Gasteiger partial charge in [0.1, 0.15) is 23.0 Å². The lowest BCUT2D eigenvalue weighted by Gasteiger charge is -2.41. The van der Waals surface area contributed by atoms with Crippen LogP contribution in [0.5, 0.6) is 23.0 Å². The summed E-state index contributed by atoms with van der Waals surface area (Å²) in [4.78, 5) is 66.1. The third-order valence-corrected chi connectivity index (χ3v) is 23.7. The van der Waals surface area contributed by atoms with Gasteiger partial charge >= 0.3 is 0 Å². The first kappa shape index (κ1) is 88.4. The lowest BCUT2D eigenvalue weighted by atomic mass is 9.64. The normalized spacial score (nSPS) is 12.7. The predicted octanol–water partition coefficient (Wildman–Crippen LogP) is 20.7. The number of rotatable bonds is 39. The van der Waals surface area contributed by atoms with Gasteiger partial charge in [-0.1, -0.05) is 249 Å². The van der Waals surface area contributed by atoms with Gasteiger partial charge in [0.05, 0.1) is 0 Å². The van der Waals surface area contributed by atoms with Crippen LogP contribution in [0.1, 0.15) is 319 Å². The fourth-order valence-electron chi connectivity index (χ4n) is 13.2. The molecule has 0 N–H and O–H groups in total. The standard InChI is InChI=1S/C90H146N4O8/c1-31-40-91(41-32-2)75(95)59-99-79-63(10)48-71(87(23,24)83(11,12)13)53-65(79)49-67-55-73(89(27,28)85(17,18)19)57-69(81(67)101-61-77(97)93(44-35-5)45-36-6)51-70-58-74(90(29,30)86(20,21)22)56-68(82(70)102-62-78(98)94(46-37-7)47-38-8)50-66-54-72(88(25,26)84(14,15)16)52-64(39-9)80(66)100-60-76(96)92(42-33-3)43-34-4/h48,52-58H,31-47,49-51,59-62H2,1-30H3. The molecule has 12 heteroatoms. The van der Waals surface area contributed by atoms with Gasteiger partial charge < -0.3 is 38.5 Å². The SMILES string of the molecule is CCCN(CCC)C(=O)COc1c(C)cc(C(C)(C)C(C)(C)C)cc1Cc1cc(C(C)(C)C(C)(C)C)cc(Cc2cc(C(C)(C)C(C)(C)C)cc(Cc3cc(C(C)(C)C(C)(C)C)cc(CC)c3OCC(=O)N(CCC)CCC)c2OCC(=O)N(CCC)CCC)c1OCC(=O)N(CCC)CCC. The van der Waals surface area contributed by atoms with E-state index < -0.39 is 10.8 Å². The highest BCUT2D eigenvalue weighted by atomic mass is 16.5. The Bertz CT molecular complexity index is 3370. The van der Waals surface area contributed by atoms with Crippen molar-refractivity contribution >= 4 is 23.6 Å². The van der Waals surface area contributed by atoms with Gasteiger partial charge in [0.15, 0.2) is 26.4 Å². The van der Waals surface area contributed by atoms with Gasteiger partial charge in [-0.05, 0) is 175 Å². The Morgan fingerprint density at radius 3 is 0.647 bits per heavy atom. The molecule has 4 aromatic rings. The Balaban J connectivity index is 2.42. The molecule has 0 saturated carbocycles. The van der Waals surface area contributed by atoms with Crippen LogP contribution in [0.4, 0.5) is 0 Å². The molecular weight excluding hydrogens is 1270 g/mol. The first-order chi connectivity index (χ1) is 47.3. The van der Waals surface area contributed by atoms with Crippen LogP contribution in [0.2, 0.25) is 0 Å². The number of aryl methyl sites for hydroxylation is 2. The maximum absolute atomic E-state index is 14.9. The fourth-order valence-corrected chi connectivity index (χ4v) is 13.2.